The van der Waals surface area contributed by atoms with Gasteiger partial charge in [-0.05, 0) is 19.9 Å². The van der Waals surface area contributed by atoms with Gasteiger partial charge in [-0.25, -0.2) is 19.7 Å². The van der Waals surface area contributed by atoms with Crippen LogP contribution in [-0.2, 0) is 0 Å². The molecule has 2 rings (SSSR count). The molecule has 0 radical (unpaired) electrons. The molecular weight excluding hydrogens is 236 g/mol. The summed E-state index contributed by atoms with van der Waals surface area (Å²) in [5.74, 6) is 0.328. The molecule has 2 aromatic rings. The van der Waals surface area contributed by atoms with Gasteiger partial charge in [-0.3, -0.25) is 0 Å². The number of rotatable bonds is 4. The molecule has 0 aromatic carbocycles. The van der Waals surface area contributed by atoms with Crippen molar-refractivity contribution in [3.05, 3.63) is 35.8 Å². The minimum absolute atomic E-state index is 0.0664. The summed E-state index contributed by atoms with van der Waals surface area (Å²) in [6, 6.07) is 1.08. The molecule has 7 heteroatoms. The predicted octanol–water partition coefficient (Wildman–Crippen LogP) is 1.64. The molecule has 0 saturated carbocycles. The summed E-state index contributed by atoms with van der Waals surface area (Å²) in [4.78, 5) is 22.6. The van der Waals surface area contributed by atoms with Gasteiger partial charge in [-0.15, -0.1) is 0 Å². The zero-order valence-electron chi connectivity index (χ0n) is 9.91. The Morgan fingerprint density at radius 1 is 1.50 bits per heavy atom. The van der Waals surface area contributed by atoms with Crippen LogP contribution in [0.3, 0.4) is 0 Å². The normalized spacial score (nSPS) is 12.1. The fourth-order valence-corrected chi connectivity index (χ4v) is 1.38. The summed E-state index contributed by atoms with van der Waals surface area (Å²) in [5, 5.41) is 11.7. The second kappa shape index (κ2) is 4.82. The average molecular weight is 248 g/mol. The quantitative estimate of drug-likeness (QED) is 0.848. The lowest BCUT2D eigenvalue weighted by Gasteiger charge is -2.09. The first-order chi connectivity index (χ1) is 8.56. The smallest absolute Gasteiger partial charge is 0.354 e. The lowest BCUT2D eigenvalue weighted by Crippen LogP contribution is -2.11. The Morgan fingerprint density at radius 3 is 2.89 bits per heavy atom. The molecule has 94 valence electrons. The number of nitrogens with zero attached hydrogens (tertiary/aromatic N) is 3. The van der Waals surface area contributed by atoms with Crippen molar-refractivity contribution in [2.24, 2.45) is 0 Å². The Hall–Kier alpha value is -2.44. The summed E-state index contributed by atoms with van der Waals surface area (Å²) in [5.41, 5.74) is -0.0664. The van der Waals surface area contributed by atoms with Crippen molar-refractivity contribution in [1.29, 1.82) is 0 Å². The molecule has 0 bridgehead atoms. The van der Waals surface area contributed by atoms with Crippen molar-refractivity contribution in [3.8, 4) is 0 Å². The lowest BCUT2D eigenvalue weighted by molar-refractivity contribution is 0.0690. The van der Waals surface area contributed by atoms with Gasteiger partial charge in [0.05, 0.1) is 6.20 Å². The third-order valence-corrected chi connectivity index (χ3v) is 2.23. The van der Waals surface area contributed by atoms with Gasteiger partial charge < -0.3 is 14.8 Å². The largest absolute Gasteiger partial charge is 0.477 e. The highest BCUT2D eigenvalue weighted by Gasteiger charge is 2.13. The fraction of sp³-hybridized carbons (Fsp3) is 0.273. The zero-order valence-corrected chi connectivity index (χ0v) is 9.91. The highest BCUT2D eigenvalue weighted by molar-refractivity contribution is 5.85. The fourth-order valence-electron chi connectivity index (χ4n) is 1.38. The Kier molecular flexibility index (Phi) is 3.22. The molecule has 18 heavy (non-hydrogen) atoms. The van der Waals surface area contributed by atoms with Gasteiger partial charge in [-0.2, -0.15) is 0 Å². The highest BCUT2D eigenvalue weighted by atomic mass is 16.4. The van der Waals surface area contributed by atoms with Gasteiger partial charge >= 0.3 is 5.97 Å². The van der Waals surface area contributed by atoms with E-state index in [1.54, 1.807) is 13.1 Å². The minimum atomic E-state index is -1.10. The molecule has 0 aliphatic carbocycles. The standard InChI is InChI=1S/C11H12N4O3/c1-6-5-13-9(18-6)7(2)14-11-12-4-3-8(15-11)10(16)17/h3-5,7H,1-2H3,(H,16,17)(H,12,14,15). The average Bonchev–Trinajstić information content (AvgIpc) is 2.76. The van der Waals surface area contributed by atoms with Gasteiger partial charge in [0.1, 0.15) is 11.8 Å². The number of carboxylic acid groups (broad SMARTS) is 1. The van der Waals surface area contributed by atoms with Crippen molar-refractivity contribution >= 4 is 11.9 Å². The monoisotopic (exact) mass is 248 g/mol. The molecule has 2 N–H and O–H groups in total. The number of aromatic nitrogens is 3. The van der Waals surface area contributed by atoms with Gasteiger partial charge in [0.15, 0.2) is 5.69 Å². The van der Waals surface area contributed by atoms with Crippen LogP contribution in [0, 0.1) is 6.92 Å². The van der Waals surface area contributed by atoms with Crippen LogP contribution in [0.4, 0.5) is 5.95 Å². The van der Waals surface area contributed by atoms with E-state index < -0.39 is 5.97 Å². The molecule has 0 spiro atoms. The van der Waals surface area contributed by atoms with Crippen LogP contribution in [0.25, 0.3) is 0 Å². The molecule has 0 amide bonds. The summed E-state index contributed by atoms with van der Waals surface area (Å²) in [7, 11) is 0. The van der Waals surface area contributed by atoms with E-state index >= 15 is 0 Å². The van der Waals surface area contributed by atoms with E-state index in [-0.39, 0.29) is 17.7 Å². The number of aryl methyl sites for hydroxylation is 1. The van der Waals surface area contributed by atoms with Crippen LogP contribution in [0.2, 0.25) is 0 Å². The molecule has 2 heterocycles. The second-order valence-electron chi connectivity index (χ2n) is 3.75. The number of hydrogen-bond acceptors (Lipinski definition) is 6. The SMILES string of the molecule is Cc1cnc(C(C)Nc2nccc(C(=O)O)n2)o1. The van der Waals surface area contributed by atoms with Crippen LogP contribution < -0.4 is 5.32 Å². The summed E-state index contributed by atoms with van der Waals surface area (Å²) >= 11 is 0. The van der Waals surface area contributed by atoms with Crippen LogP contribution >= 0.6 is 0 Å². The number of carboxylic acids is 1. The molecule has 2 aromatic heterocycles. The Balaban J connectivity index is 2.14. The molecule has 7 nitrogen and oxygen atoms in total. The molecule has 0 aliphatic heterocycles. The molecule has 0 fully saturated rings. The Morgan fingerprint density at radius 2 is 2.28 bits per heavy atom. The van der Waals surface area contributed by atoms with E-state index in [2.05, 4.69) is 20.3 Å². The summed E-state index contributed by atoms with van der Waals surface area (Å²) < 4.78 is 5.35. The zero-order chi connectivity index (χ0) is 13.1. The van der Waals surface area contributed by atoms with E-state index in [9.17, 15) is 4.79 Å². The third-order valence-electron chi connectivity index (χ3n) is 2.23. The van der Waals surface area contributed by atoms with E-state index in [0.29, 0.717) is 11.7 Å². The molecule has 1 atom stereocenters. The van der Waals surface area contributed by atoms with Gasteiger partial charge in [0, 0.05) is 6.20 Å². The van der Waals surface area contributed by atoms with Gasteiger partial charge in [0.25, 0.3) is 0 Å². The molecule has 1 unspecified atom stereocenters. The highest BCUT2D eigenvalue weighted by Crippen LogP contribution is 2.16. The van der Waals surface area contributed by atoms with Crippen molar-refractivity contribution in [2.75, 3.05) is 5.32 Å². The van der Waals surface area contributed by atoms with Gasteiger partial charge in [0.2, 0.25) is 11.8 Å². The maximum absolute atomic E-state index is 10.8. The minimum Gasteiger partial charge on any atom is -0.477 e. The first-order valence-electron chi connectivity index (χ1n) is 5.31. The number of nitrogens with one attached hydrogen (secondary N) is 1. The van der Waals surface area contributed by atoms with Crippen LogP contribution in [-0.4, -0.2) is 26.0 Å². The third kappa shape index (κ3) is 2.62. The number of hydrogen-bond donors (Lipinski definition) is 2. The topological polar surface area (TPSA) is 101 Å². The first-order valence-corrected chi connectivity index (χ1v) is 5.31. The number of aromatic carboxylic acids is 1. The Labute approximate surface area is 103 Å². The van der Waals surface area contributed by atoms with Gasteiger partial charge in [-0.1, -0.05) is 0 Å². The maximum atomic E-state index is 10.8. The van der Waals surface area contributed by atoms with Crippen molar-refractivity contribution < 1.29 is 14.3 Å². The number of oxazole rings is 1. The predicted molar refractivity (Wildman–Crippen MR) is 62.3 cm³/mol. The lowest BCUT2D eigenvalue weighted by atomic mass is 10.3. The Bertz CT molecular complexity index is 567. The number of anilines is 1. The van der Waals surface area contributed by atoms with E-state index in [1.165, 1.54) is 12.3 Å². The second-order valence-corrected chi connectivity index (χ2v) is 3.75. The van der Waals surface area contributed by atoms with Crippen LogP contribution in [0.5, 0.6) is 0 Å². The molecular formula is C11H12N4O3. The van der Waals surface area contributed by atoms with E-state index in [0.717, 1.165) is 0 Å². The molecule has 0 saturated heterocycles. The maximum Gasteiger partial charge on any atom is 0.354 e. The van der Waals surface area contributed by atoms with Crippen molar-refractivity contribution in [2.45, 2.75) is 19.9 Å². The summed E-state index contributed by atoms with van der Waals surface area (Å²) in [6.45, 7) is 3.62. The van der Waals surface area contributed by atoms with Crippen LogP contribution in [0.1, 0.15) is 35.1 Å². The van der Waals surface area contributed by atoms with Crippen LogP contribution in [0.15, 0.2) is 22.9 Å². The van der Waals surface area contributed by atoms with Crippen molar-refractivity contribution in [1.82, 2.24) is 15.0 Å². The van der Waals surface area contributed by atoms with E-state index in [1.807, 2.05) is 6.92 Å². The van der Waals surface area contributed by atoms with E-state index in [4.69, 9.17) is 9.52 Å². The summed E-state index contributed by atoms with van der Waals surface area (Å²) in [6.07, 6.45) is 2.99. The molecule has 0 aliphatic rings. The first kappa shape index (κ1) is 12.0. The van der Waals surface area contributed by atoms with Crippen molar-refractivity contribution in [3.63, 3.8) is 0 Å². The number of carbonyl (C=O) groups is 1.